The van der Waals surface area contributed by atoms with E-state index in [-0.39, 0.29) is 23.3 Å². The Kier molecular flexibility index (Phi) is 9.29. The van der Waals surface area contributed by atoms with Gasteiger partial charge in [-0.2, -0.15) is 5.26 Å². The highest BCUT2D eigenvalue weighted by Crippen LogP contribution is 2.38. The number of rotatable bonds is 10. The maximum atomic E-state index is 14.0. The molecule has 4 heteroatoms. The minimum Gasteiger partial charge on any atom is -0.330 e. The van der Waals surface area contributed by atoms with Crippen LogP contribution < -0.4 is 5.73 Å². The summed E-state index contributed by atoms with van der Waals surface area (Å²) in [6.45, 7) is 10.7. The zero-order valence-corrected chi connectivity index (χ0v) is 22.9. The second-order valence-electron chi connectivity index (χ2n) is 11.3. The maximum Gasteiger partial charge on any atom is 0.240 e. The van der Waals surface area contributed by atoms with Crippen LogP contribution in [0, 0.1) is 22.7 Å². The molecule has 0 aromatic heterocycles. The summed E-state index contributed by atoms with van der Waals surface area (Å²) in [7, 11) is 0. The summed E-state index contributed by atoms with van der Waals surface area (Å²) in [4.78, 5) is 16.0. The molecule has 0 aliphatic rings. The molecule has 0 saturated carbocycles. The van der Waals surface area contributed by atoms with Gasteiger partial charge in [0.2, 0.25) is 5.91 Å². The first-order valence-electron chi connectivity index (χ1n) is 13.2. The summed E-state index contributed by atoms with van der Waals surface area (Å²) in [5.41, 5.74) is 8.67. The van der Waals surface area contributed by atoms with Gasteiger partial charge in [0.1, 0.15) is 0 Å². The number of carbonyl (C=O) groups is 1. The van der Waals surface area contributed by atoms with Crippen molar-refractivity contribution in [1.29, 1.82) is 5.26 Å². The first-order chi connectivity index (χ1) is 17.6. The number of nitrogens with two attached hydrogens (primary N) is 1. The van der Waals surface area contributed by atoms with Crippen molar-refractivity contribution < 1.29 is 4.79 Å². The molecule has 0 spiro atoms. The Morgan fingerprint density at radius 3 is 1.73 bits per heavy atom. The number of nitrogens with zero attached hydrogens (tertiary/aromatic N) is 2. The fourth-order valence-electron chi connectivity index (χ4n) is 5.02. The molecule has 194 valence electrons. The normalized spacial score (nSPS) is 14.1. The molecule has 0 unspecified atom stereocenters. The zero-order chi connectivity index (χ0) is 27.1. The minimum absolute atomic E-state index is 0.0722. The van der Waals surface area contributed by atoms with Crippen LogP contribution in [0.4, 0.5) is 0 Å². The van der Waals surface area contributed by atoms with Crippen LogP contribution in [-0.2, 0) is 10.2 Å². The van der Waals surface area contributed by atoms with Crippen molar-refractivity contribution in [2.75, 3.05) is 6.54 Å². The molecule has 1 amide bonds. The molecule has 3 aromatic rings. The maximum absolute atomic E-state index is 14.0. The van der Waals surface area contributed by atoms with Gasteiger partial charge in [0.15, 0.2) is 0 Å². The van der Waals surface area contributed by atoms with E-state index >= 15 is 0 Å². The molecule has 0 saturated heterocycles. The fourth-order valence-corrected chi connectivity index (χ4v) is 5.02. The van der Waals surface area contributed by atoms with Crippen LogP contribution in [0.15, 0.2) is 91.0 Å². The van der Waals surface area contributed by atoms with Crippen molar-refractivity contribution in [2.24, 2.45) is 17.1 Å². The van der Waals surface area contributed by atoms with Gasteiger partial charge in [0.05, 0.1) is 23.6 Å². The van der Waals surface area contributed by atoms with E-state index in [2.05, 4.69) is 44.2 Å². The Morgan fingerprint density at radius 2 is 1.32 bits per heavy atom. The topological polar surface area (TPSA) is 70.1 Å². The summed E-state index contributed by atoms with van der Waals surface area (Å²) in [6, 6.07) is 32.0. The van der Waals surface area contributed by atoms with Gasteiger partial charge in [-0.3, -0.25) is 4.79 Å². The second-order valence-corrected chi connectivity index (χ2v) is 11.3. The summed E-state index contributed by atoms with van der Waals surface area (Å²) in [5.74, 6) is 0.0527. The van der Waals surface area contributed by atoms with Gasteiger partial charge in [-0.25, -0.2) is 0 Å². The smallest absolute Gasteiger partial charge is 0.240 e. The second kappa shape index (κ2) is 12.2. The minimum atomic E-state index is -0.651. The summed E-state index contributed by atoms with van der Waals surface area (Å²) >= 11 is 0. The lowest BCUT2D eigenvalue weighted by molar-refractivity contribution is -0.136. The summed E-state index contributed by atoms with van der Waals surface area (Å²) < 4.78 is 0. The lowest BCUT2D eigenvalue weighted by atomic mass is 9.70. The van der Waals surface area contributed by atoms with Gasteiger partial charge < -0.3 is 10.6 Å². The molecule has 0 aliphatic heterocycles. The van der Waals surface area contributed by atoms with Crippen LogP contribution in [0.1, 0.15) is 70.2 Å². The highest BCUT2D eigenvalue weighted by atomic mass is 16.2. The fraction of sp³-hybridized carbons (Fsp3) is 0.394. The van der Waals surface area contributed by atoms with E-state index in [1.807, 2.05) is 92.4 Å². The number of amides is 1. The molecule has 2 N–H and O–H groups in total. The predicted molar refractivity (Wildman–Crippen MR) is 152 cm³/mol. The van der Waals surface area contributed by atoms with Crippen molar-refractivity contribution in [3.8, 4) is 6.07 Å². The quantitative estimate of drug-likeness (QED) is 0.333. The third-order valence-electron chi connectivity index (χ3n) is 7.47. The predicted octanol–water partition coefficient (Wildman–Crippen LogP) is 6.88. The summed E-state index contributed by atoms with van der Waals surface area (Å²) in [6.07, 6.45) is 1.33. The van der Waals surface area contributed by atoms with Gasteiger partial charge in [-0.15, -0.1) is 0 Å². The average Bonchev–Trinajstić information content (AvgIpc) is 2.90. The number of hydrogen-bond acceptors (Lipinski definition) is 3. The Bertz CT molecular complexity index is 1120. The van der Waals surface area contributed by atoms with E-state index in [0.29, 0.717) is 19.4 Å². The van der Waals surface area contributed by atoms with Gasteiger partial charge in [-0.1, -0.05) is 126 Å². The van der Waals surface area contributed by atoms with Crippen molar-refractivity contribution in [3.05, 3.63) is 108 Å². The van der Waals surface area contributed by atoms with E-state index in [0.717, 1.165) is 16.7 Å². The third-order valence-corrected chi connectivity index (χ3v) is 7.47. The number of hydrogen-bond donors (Lipinski definition) is 1. The molecule has 0 heterocycles. The van der Waals surface area contributed by atoms with Crippen molar-refractivity contribution in [3.63, 3.8) is 0 Å². The highest BCUT2D eigenvalue weighted by Gasteiger charge is 2.38. The molecule has 3 rings (SSSR count). The largest absolute Gasteiger partial charge is 0.330 e. The first kappa shape index (κ1) is 28.2. The third kappa shape index (κ3) is 6.48. The molecule has 0 aliphatic carbocycles. The average molecular weight is 496 g/mol. The molecular weight excluding hydrogens is 454 g/mol. The number of carbonyl (C=O) groups excluding carboxylic acids is 1. The van der Waals surface area contributed by atoms with E-state index in [1.54, 1.807) is 0 Å². The molecular formula is C33H41N3O. The zero-order valence-electron chi connectivity index (χ0n) is 22.9. The Hall–Kier alpha value is -3.42. The number of benzene rings is 3. The van der Waals surface area contributed by atoms with Gasteiger partial charge >= 0.3 is 0 Å². The molecule has 3 aromatic carbocycles. The first-order valence-corrected chi connectivity index (χ1v) is 13.2. The molecule has 0 bridgehead atoms. The monoisotopic (exact) mass is 495 g/mol. The van der Waals surface area contributed by atoms with Crippen molar-refractivity contribution in [1.82, 2.24) is 4.90 Å². The highest BCUT2D eigenvalue weighted by molar-refractivity contribution is 5.83. The summed E-state index contributed by atoms with van der Waals surface area (Å²) in [5, 5.41) is 10.4. The van der Waals surface area contributed by atoms with Crippen molar-refractivity contribution in [2.45, 2.75) is 65.0 Å². The van der Waals surface area contributed by atoms with Gasteiger partial charge in [0, 0.05) is 6.54 Å². The Balaban J connectivity index is 2.01. The van der Waals surface area contributed by atoms with Crippen LogP contribution in [0.3, 0.4) is 0 Å². The van der Waals surface area contributed by atoms with Gasteiger partial charge in [0.25, 0.3) is 0 Å². The van der Waals surface area contributed by atoms with Crippen LogP contribution in [0.2, 0.25) is 0 Å². The van der Waals surface area contributed by atoms with E-state index in [4.69, 9.17) is 5.73 Å². The molecule has 4 nitrogen and oxygen atoms in total. The van der Waals surface area contributed by atoms with Crippen molar-refractivity contribution >= 4 is 5.91 Å². The lowest BCUT2D eigenvalue weighted by Gasteiger charge is -2.39. The molecule has 37 heavy (non-hydrogen) atoms. The van der Waals surface area contributed by atoms with Crippen LogP contribution in [0.25, 0.3) is 0 Å². The standard InChI is InChI=1S/C33H41N3O/c1-25(2)33(24-34,28-20-13-8-14-21-28)22-15-23-36(31(37)30(35)32(3,4)5)29(26-16-9-6-10-17-26)27-18-11-7-12-19-27/h6-14,16-21,25,29-30H,15,22-23,35H2,1-5H3/t30-,33+/m1/s1. The lowest BCUT2D eigenvalue weighted by Crippen LogP contribution is -2.52. The Labute approximate surface area is 223 Å². The van der Waals surface area contributed by atoms with Crippen LogP contribution in [0.5, 0.6) is 0 Å². The Morgan fingerprint density at radius 1 is 0.865 bits per heavy atom. The van der Waals surface area contributed by atoms with Crippen LogP contribution in [-0.4, -0.2) is 23.4 Å². The SMILES string of the molecule is CC(C)[C@@](C#N)(CCCN(C(=O)[C@@H](N)C(C)(C)C)C(c1ccccc1)c1ccccc1)c1ccccc1. The van der Waals surface area contributed by atoms with E-state index in [9.17, 15) is 10.1 Å². The van der Waals surface area contributed by atoms with Gasteiger partial charge in [-0.05, 0) is 40.9 Å². The van der Waals surface area contributed by atoms with E-state index < -0.39 is 11.5 Å². The molecule has 0 fully saturated rings. The molecule has 0 radical (unpaired) electrons. The number of nitriles is 1. The van der Waals surface area contributed by atoms with Crippen LogP contribution >= 0.6 is 0 Å². The molecule has 2 atom stereocenters. The van der Waals surface area contributed by atoms with E-state index in [1.165, 1.54) is 0 Å².